The molecule has 29 heavy (non-hydrogen) atoms. The number of para-hydroxylation sites is 1. The number of carbonyl (C=O) groups excluding carboxylic acids is 2. The highest BCUT2D eigenvalue weighted by atomic mass is 16.2. The van der Waals surface area contributed by atoms with Gasteiger partial charge in [-0.1, -0.05) is 45.9 Å². The fourth-order valence-electron chi connectivity index (χ4n) is 6.99. The monoisotopic (exact) mass is 396 g/mol. The second-order valence-electron chi connectivity index (χ2n) is 10.8. The summed E-state index contributed by atoms with van der Waals surface area (Å²) < 4.78 is 0. The van der Waals surface area contributed by atoms with Crippen molar-refractivity contribution in [3.63, 3.8) is 0 Å². The van der Waals surface area contributed by atoms with E-state index in [1.54, 1.807) is 6.92 Å². The Bertz CT molecular complexity index is 786. The molecule has 4 bridgehead atoms. The summed E-state index contributed by atoms with van der Waals surface area (Å²) in [5.74, 6) is 2.03. The summed E-state index contributed by atoms with van der Waals surface area (Å²) in [7, 11) is 0. The van der Waals surface area contributed by atoms with E-state index in [2.05, 4.69) is 56.5 Å². The molecule has 0 heterocycles. The molecule has 4 nitrogen and oxygen atoms in total. The smallest absolute Gasteiger partial charge is 0.230 e. The van der Waals surface area contributed by atoms with Gasteiger partial charge in [0.1, 0.15) is 0 Å². The summed E-state index contributed by atoms with van der Waals surface area (Å²) in [6, 6.07) is 6.39. The Morgan fingerprint density at radius 1 is 0.966 bits per heavy atom. The average molecular weight is 397 g/mol. The Hall–Kier alpha value is -1.84. The lowest BCUT2D eigenvalue weighted by Gasteiger charge is -2.61. The van der Waals surface area contributed by atoms with Crippen LogP contribution in [-0.4, -0.2) is 17.4 Å². The molecule has 0 spiro atoms. The van der Waals surface area contributed by atoms with Crippen molar-refractivity contribution in [3.8, 4) is 0 Å². The zero-order valence-electron chi connectivity index (χ0n) is 18.6. The average Bonchev–Trinajstić information content (AvgIpc) is 2.59. The maximum atomic E-state index is 13.8. The lowest BCUT2D eigenvalue weighted by atomic mass is 9.46. The van der Waals surface area contributed by atoms with Crippen molar-refractivity contribution in [1.82, 2.24) is 5.32 Å². The fraction of sp³-hybridized carbons (Fsp3) is 0.680. The molecule has 0 aliphatic heterocycles. The Morgan fingerprint density at radius 3 is 2.00 bits per heavy atom. The second kappa shape index (κ2) is 7.14. The van der Waals surface area contributed by atoms with Gasteiger partial charge in [0.25, 0.3) is 0 Å². The molecule has 4 aliphatic rings. The minimum absolute atomic E-state index is 0.0368. The molecule has 158 valence electrons. The molecule has 1 aromatic rings. The Morgan fingerprint density at radius 2 is 1.52 bits per heavy atom. The number of rotatable bonds is 5. The van der Waals surface area contributed by atoms with Gasteiger partial charge < -0.3 is 10.6 Å². The minimum atomic E-state index is -0.342. The molecule has 2 amide bonds. The number of amides is 2. The molecule has 4 aliphatic carbocycles. The van der Waals surface area contributed by atoms with E-state index in [0.717, 1.165) is 37.8 Å². The largest absolute Gasteiger partial charge is 0.351 e. The summed E-state index contributed by atoms with van der Waals surface area (Å²) in [6.07, 6.45) is 6.03. The number of hydrogen-bond donors (Lipinski definition) is 2. The molecule has 2 N–H and O–H groups in total. The van der Waals surface area contributed by atoms with Gasteiger partial charge >= 0.3 is 0 Å². The van der Waals surface area contributed by atoms with E-state index in [0.29, 0.717) is 23.7 Å². The molecule has 5 rings (SSSR count). The van der Waals surface area contributed by atoms with E-state index < -0.39 is 0 Å². The van der Waals surface area contributed by atoms with Gasteiger partial charge in [0.15, 0.2) is 0 Å². The number of carbonyl (C=O) groups is 2. The van der Waals surface area contributed by atoms with Gasteiger partial charge in [-0.2, -0.15) is 0 Å². The standard InChI is InChI=1S/C25H36N2O2/c1-15(2)20-7-6-8-21(16(3)4)22(20)26-23(29)24-10-18-9-19(11-24)13-25(12-18,14-24)27-17(5)28/h6-8,15-16,18-19H,9-14H2,1-5H3,(H,26,29)(H,27,28). The predicted octanol–water partition coefficient (Wildman–Crippen LogP) is 5.35. The van der Waals surface area contributed by atoms with Gasteiger partial charge in [0.05, 0.1) is 5.41 Å². The van der Waals surface area contributed by atoms with Gasteiger partial charge in [0, 0.05) is 18.2 Å². The Kier molecular flexibility index (Phi) is 5.03. The van der Waals surface area contributed by atoms with Gasteiger partial charge in [-0.3, -0.25) is 9.59 Å². The van der Waals surface area contributed by atoms with Crippen molar-refractivity contribution < 1.29 is 9.59 Å². The van der Waals surface area contributed by atoms with Crippen LogP contribution in [0.5, 0.6) is 0 Å². The van der Waals surface area contributed by atoms with E-state index >= 15 is 0 Å². The molecule has 0 aromatic heterocycles. The number of benzene rings is 1. The van der Waals surface area contributed by atoms with Crippen LogP contribution >= 0.6 is 0 Å². The maximum absolute atomic E-state index is 13.8. The molecule has 2 unspecified atom stereocenters. The van der Waals surface area contributed by atoms with Gasteiger partial charge in [-0.05, 0) is 73.3 Å². The van der Waals surface area contributed by atoms with Crippen LogP contribution in [0.25, 0.3) is 0 Å². The van der Waals surface area contributed by atoms with Crippen molar-refractivity contribution >= 4 is 17.5 Å². The third-order valence-electron chi connectivity index (χ3n) is 7.60. The fourth-order valence-corrected chi connectivity index (χ4v) is 6.99. The van der Waals surface area contributed by atoms with Crippen LogP contribution in [0.15, 0.2) is 18.2 Å². The lowest BCUT2D eigenvalue weighted by Crippen LogP contribution is -2.65. The first-order valence-corrected chi connectivity index (χ1v) is 11.4. The zero-order chi connectivity index (χ0) is 21.0. The first kappa shape index (κ1) is 20.4. The van der Waals surface area contributed by atoms with E-state index in [4.69, 9.17) is 0 Å². The van der Waals surface area contributed by atoms with Crippen molar-refractivity contribution in [2.24, 2.45) is 17.3 Å². The topological polar surface area (TPSA) is 58.2 Å². The lowest BCUT2D eigenvalue weighted by molar-refractivity contribution is -0.148. The molecule has 2 atom stereocenters. The molecule has 4 fully saturated rings. The third kappa shape index (κ3) is 3.60. The van der Waals surface area contributed by atoms with Crippen molar-refractivity contribution in [2.75, 3.05) is 5.32 Å². The number of nitrogens with one attached hydrogen (secondary N) is 2. The summed E-state index contributed by atoms with van der Waals surface area (Å²) in [4.78, 5) is 25.7. The SMILES string of the molecule is CC(=O)NC12CC3CC(C1)CC(C(=O)Nc1c(C(C)C)cccc1C(C)C)(C3)C2. The van der Waals surface area contributed by atoms with Crippen LogP contribution in [0.1, 0.15) is 96.1 Å². The quantitative estimate of drug-likeness (QED) is 0.705. The molecule has 0 radical (unpaired) electrons. The Labute approximate surface area is 175 Å². The van der Waals surface area contributed by atoms with Crippen LogP contribution in [0, 0.1) is 17.3 Å². The first-order chi connectivity index (χ1) is 13.6. The Balaban J connectivity index is 1.67. The van der Waals surface area contributed by atoms with Crippen LogP contribution in [0.3, 0.4) is 0 Å². The van der Waals surface area contributed by atoms with E-state index in [1.807, 2.05) is 0 Å². The highest BCUT2D eigenvalue weighted by Crippen LogP contribution is 2.62. The van der Waals surface area contributed by atoms with Crippen LogP contribution in [-0.2, 0) is 9.59 Å². The predicted molar refractivity (Wildman–Crippen MR) is 117 cm³/mol. The van der Waals surface area contributed by atoms with Crippen molar-refractivity contribution in [1.29, 1.82) is 0 Å². The molecule has 0 saturated heterocycles. The van der Waals surface area contributed by atoms with Crippen molar-refractivity contribution in [3.05, 3.63) is 29.3 Å². The number of hydrogen-bond acceptors (Lipinski definition) is 2. The summed E-state index contributed by atoms with van der Waals surface area (Å²) >= 11 is 0. The molecular weight excluding hydrogens is 360 g/mol. The molecule has 4 heteroatoms. The van der Waals surface area contributed by atoms with Gasteiger partial charge in [-0.15, -0.1) is 0 Å². The summed E-state index contributed by atoms with van der Waals surface area (Å²) in [5.41, 5.74) is 2.93. The third-order valence-corrected chi connectivity index (χ3v) is 7.60. The van der Waals surface area contributed by atoms with Crippen LogP contribution in [0.4, 0.5) is 5.69 Å². The van der Waals surface area contributed by atoms with Gasteiger partial charge in [-0.25, -0.2) is 0 Å². The minimum Gasteiger partial charge on any atom is -0.351 e. The molecular formula is C25H36N2O2. The van der Waals surface area contributed by atoms with Gasteiger partial charge in [0.2, 0.25) is 11.8 Å². The second-order valence-corrected chi connectivity index (χ2v) is 10.8. The van der Waals surface area contributed by atoms with Crippen molar-refractivity contribution in [2.45, 2.75) is 90.5 Å². The summed E-state index contributed by atoms with van der Waals surface area (Å²) in [6.45, 7) is 10.4. The van der Waals surface area contributed by atoms with E-state index in [9.17, 15) is 9.59 Å². The van der Waals surface area contributed by atoms with E-state index in [1.165, 1.54) is 17.5 Å². The molecule has 1 aromatic carbocycles. The maximum Gasteiger partial charge on any atom is 0.230 e. The normalized spacial score (nSPS) is 32.7. The molecule has 4 saturated carbocycles. The number of anilines is 1. The zero-order valence-corrected chi connectivity index (χ0v) is 18.6. The highest BCUT2D eigenvalue weighted by molar-refractivity contribution is 5.97. The first-order valence-electron chi connectivity index (χ1n) is 11.4. The van der Waals surface area contributed by atoms with Crippen LogP contribution in [0.2, 0.25) is 0 Å². The van der Waals surface area contributed by atoms with Crippen LogP contribution < -0.4 is 10.6 Å². The summed E-state index contributed by atoms with van der Waals surface area (Å²) in [5, 5.41) is 6.69. The van der Waals surface area contributed by atoms with E-state index in [-0.39, 0.29) is 22.8 Å². The highest BCUT2D eigenvalue weighted by Gasteiger charge is 2.60.